The first kappa shape index (κ1) is 12.9. The van der Waals surface area contributed by atoms with Crippen molar-refractivity contribution < 1.29 is 4.57 Å². The summed E-state index contributed by atoms with van der Waals surface area (Å²) in [6, 6.07) is 19.1. The molecule has 0 atom stereocenters. The minimum Gasteiger partial charge on any atom is -0.0619 e. The number of hydrogen-bond acceptors (Lipinski definition) is 3. The first-order chi connectivity index (χ1) is 8.29. The van der Waals surface area contributed by atoms with Crippen molar-refractivity contribution in [2.24, 2.45) is 0 Å². The van der Waals surface area contributed by atoms with Crippen LogP contribution >= 0.6 is 7.80 Å². The fraction of sp³-hybridized carbons (Fsp3) is 0. The van der Waals surface area contributed by atoms with E-state index in [9.17, 15) is 4.57 Å². The zero-order valence-corrected chi connectivity index (χ0v) is 9.97. The quantitative estimate of drug-likeness (QED) is 0.476. The summed E-state index contributed by atoms with van der Waals surface area (Å²) in [7, 11) is -1.42. The molecule has 0 aliphatic rings. The highest BCUT2D eigenvalue weighted by Crippen LogP contribution is 2.18. The molecule has 0 fully saturated rings. The number of nitrogens with one attached hydrogen (secondary N) is 2. The molecule has 84 valence electrons. The van der Waals surface area contributed by atoms with Gasteiger partial charge in [0.1, 0.15) is 11.1 Å². The van der Waals surface area contributed by atoms with E-state index < -0.39 is 7.80 Å². The predicted octanol–water partition coefficient (Wildman–Crippen LogP) is 2.58. The third kappa shape index (κ3) is 4.07. The molecule has 2 aromatic carbocycles. The van der Waals surface area contributed by atoms with Crippen LogP contribution in [0.4, 0.5) is 0 Å². The second kappa shape index (κ2) is 7.18. The smallest absolute Gasteiger partial charge is 0.0619 e. The highest BCUT2D eigenvalue weighted by atomic mass is 31.1. The Morgan fingerprint density at radius 3 is 1.35 bits per heavy atom. The van der Waals surface area contributed by atoms with Gasteiger partial charge in [-0.15, -0.1) is 0 Å². The molecule has 0 unspecified atom stereocenters. The summed E-state index contributed by atoms with van der Waals surface area (Å²) in [6.07, 6.45) is 0. The number of hydrogen-bond donors (Lipinski definition) is 2. The van der Waals surface area contributed by atoms with E-state index in [2.05, 4.69) is 0 Å². The first-order valence-electron chi connectivity index (χ1n) is 4.90. The highest BCUT2D eigenvalue weighted by Gasteiger charge is 2.21. The van der Waals surface area contributed by atoms with Crippen molar-refractivity contribution in [1.82, 2.24) is 4.91 Å². The number of rotatable bonds is 2. The average molecular weight is 245 g/mol. The van der Waals surface area contributed by atoms with Crippen LogP contribution in [0.15, 0.2) is 60.7 Å². The van der Waals surface area contributed by atoms with Crippen molar-refractivity contribution in [3.8, 4) is 0 Å². The van der Waals surface area contributed by atoms with Crippen molar-refractivity contribution in [2.75, 3.05) is 0 Å². The lowest BCUT2D eigenvalue weighted by Crippen LogP contribution is -2.04. The molecule has 2 rings (SSSR count). The van der Waals surface area contributed by atoms with E-state index >= 15 is 0 Å². The van der Waals surface area contributed by atoms with Crippen LogP contribution in [0.25, 0.3) is 0 Å². The van der Waals surface area contributed by atoms with E-state index in [4.69, 9.17) is 11.1 Å². The molecule has 4 nitrogen and oxygen atoms in total. The van der Waals surface area contributed by atoms with Crippen molar-refractivity contribution in [1.29, 1.82) is 11.1 Å². The molecule has 0 aliphatic carbocycles. The van der Waals surface area contributed by atoms with Crippen molar-refractivity contribution >= 4 is 18.4 Å². The van der Waals surface area contributed by atoms with Gasteiger partial charge in [0.2, 0.25) is 4.91 Å². The molecule has 0 heterocycles. The maximum Gasteiger partial charge on any atom is 0.415 e. The predicted molar refractivity (Wildman–Crippen MR) is 67.3 cm³/mol. The Balaban J connectivity index is 0.000000437. The molecular weight excluding hydrogens is 233 g/mol. The highest BCUT2D eigenvalue weighted by molar-refractivity contribution is 7.61. The Bertz CT molecular complexity index is 466. The van der Waals surface area contributed by atoms with Crippen LogP contribution < -0.4 is 15.5 Å². The lowest BCUT2D eigenvalue weighted by Gasteiger charge is -1.87. The molecule has 0 radical (unpaired) electrons. The van der Waals surface area contributed by atoms with Crippen LogP contribution in [0.5, 0.6) is 0 Å². The van der Waals surface area contributed by atoms with Gasteiger partial charge in [-0.3, -0.25) is 0 Å². The van der Waals surface area contributed by atoms with Gasteiger partial charge in [-0.25, -0.2) is 0 Å². The lowest BCUT2D eigenvalue weighted by atomic mass is 10.4. The van der Waals surface area contributed by atoms with Crippen LogP contribution in [0.1, 0.15) is 0 Å². The lowest BCUT2D eigenvalue weighted by molar-refractivity contribution is 0.598. The fourth-order valence-corrected chi connectivity index (χ4v) is 2.46. The summed E-state index contributed by atoms with van der Waals surface area (Å²) in [5.74, 6) is 0. The van der Waals surface area contributed by atoms with Gasteiger partial charge in [0.15, 0.2) is 10.6 Å². The maximum atomic E-state index is 12.0. The molecule has 0 amide bonds. The van der Waals surface area contributed by atoms with E-state index in [1.54, 1.807) is 0 Å². The largest absolute Gasteiger partial charge is 0.415 e. The monoisotopic (exact) mass is 245 g/mol. The van der Waals surface area contributed by atoms with Gasteiger partial charge in [0, 0.05) is 0 Å². The van der Waals surface area contributed by atoms with Gasteiger partial charge in [-0.1, -0.05) is 41.0 Å². The summed E-state index contributed by atoms with van der Waals surface area (Å²) >= 11 is 0. The van der Waals surface area contributed by atoms with E-state index in [1.165, 1.54) is 0 Å². The number of benzene rings is 2. The molecule has 0 aromatic heterocycles. The van der Waals surface area contributed by atoms with Crippen LogP contribution in [0.2, 0.25) is 0 Å². The van der Waals surface area contributed by atoms with Crippen LogP contribution in [-0.2, 0) is 4.57 Å². The van der Waals surface area contributed by atoms with E-state index in [0.29, 0.717) is 0 Å². The molecular formula is C12H12N3OP+2. The Kier molecular flexibility index (Phi) is 5.45. The molecule has 0 aliphatic heterocycles. The Morgan fingerprint density at radius 2 is 1.06 bits per heavy atom. The third-order valence-electron chi connectivity index (χ3n) is 1.98. The van der Waals surface area contributed by atoms with Gasteiger partial charge >= 0.3 is 7.80 Å². The van der Waals surface area contributed by atoms with Gasteiger partial charge in [-0.2, -0.15) is 0 Å². The molecule has 0 bridgehead atoms. The minimum atomic E-state index is -1.42. The van der Waals surface area contributed by atoms with E-state index in [-0.39, 0.29) is 0 Å². The molecule has 0 spiro atoms. The molecule has 2 aromatic rings. The van der Waals surface area contributed by atoms with Gasteiger partial charge < -0.3 is 0 Å². The summed E-state index contributed by atoms with van der Waals surface area (Å²) in [5.41, 5.74) is 11.0. The number of nitrogens with zero attached hydrogens (tertiary/aromatic N) is 1. The Hall–Kier alpha value is -2.15. The second-order valence-electron chi connectivity index (χ2n) is 3.08. The van der Waals surface area contributed by atoms with E-state index in [0.717, 1.165) is 10.6 Å². The molecule has 0 saturated carbocycles. The molecule has 0 saturated heterocycles. The first-order valence-corrected chi connectivity index (χ1v) is 6.16. The molecule has 5 heteroatoms. The van der Waals surface area contributed by atoms with Gasteiger partial charge in [0.05, 0.1) is 0 Å². The van der Waals surface area contributed by atoms with Crippen molar-refractivity contribution in [3.05, 3.63) is 60.7 Å². The normalized spacial score (nSPS) is 8.47. The zero-order valence-electron chi connectivity index (χ0n) is 9.08. The average Bonchev–Trinajstić information content (AvgIpc) is 2.41. The summed E-state index contributed by atoms with van der Waals surface area (Å²) < 4.78 is 12.0. The Morgan fingerprint density at radius 1 is 0.765 bits per heavy atom. The second-order valence-corrected chi connectivity index (χ2v) is 4.70. The Labute approximate surface area is 100 Å². The van der Waals surface area contributed by atoms with Crippen LogP contribution in [-0.4, -0.2) is 0 Å². The van der Waals surface area contributed by atoms with Gasteiger partial charge in [-0.05, 0) is 24.3 Å². The molecule has 17 heavy (non-hydrogen) atoms. The zero-order chi connectivity index (χ0) is 12.5. The van der Waals surface area contributed by atoms with E-state index in [1.807, 2.05) is 65.6 Å². The molecule has 2 N–H and O–H groups in total. The summed E-state index contributed by atoms with van der Waals surface area (Å²) in [5, 5.41) is 1.77. The fourth-order valence-electron chi connectivity index (χ4n) is 1.28. The topological polar surface area (TPSA) is 78.9 Å². The third-order valence-corrected chi connectivity index (χ3v) is 3.52. The summed E-state index contributed by atoms with van der Waals surface area (Å²) in [6.45, 7) is 0. The van der Waals surface area contributed by atoms with Crippen molar-refractivity contribution in [2.45, 2.75) is 0 Å². The van der Waals surface area contributed by atoms with Crippen LogP contribution in [0.3, 0.4) is 0 Å². The minimum absolute atomic E-state index is 0.883. The van der Waals surface area contributed by atoms with Gasteiger partial charge in [0.25, 0.3) is 0 Å². The SMILES string of the molecule is N=[N+]=N.O=[P+](c1ccccc1)c1ccccc1. The summed E-state index contributed by atoms with van der Waals surface area (Å²) in [4.78, 5) is 2.00. The van der Waals surface area contributed by atoms with Crippen LogP contribution in [0, 0.1) is 11.1 Å². The maximum absolute atomic E-state index is 12.0. The standard InChI is InChI=1S/C12H10OP.H2N3/c13-14(11-7-3-1-4-8-11)12-9-5-2-6-10-12;1-3-2/h1-10H;1-2H/q2*+1. The van der Waals surface area contributed by atoms with Crippen molar-refractivity contribution in [3.63, 3.8) is 0 Å².